The van der Waals surface area contributed by atoms with Crippen molar-refractivity contribution in [3.8, 4) is 0 Å². The van der Waals surface area contributed by atoms with Crippen molar-refractivity contribution in [2.45, 2.75) is 19.4 Å². The maximum Gasteiger partial charge on any atom is 0.338 e. The number of carboxylic acid groups (broad SMARTS) is 1. The molecule has 0 aliphatic carbocycles. The van der Waals surface area contributed by atoms with Gasteiger partial charge in [0.25, 0.3) is 0 Å². The first kappa shape index (κ1) is 12.7. The summed E-state index contributed by atoms with van der Waals surface area (Å²) in [7, 11) is 0. The molecule has 0 saturated heterocycles. The maximum atomic E-state index is 11.2. The predicted octanol–water partition coefficient (Wildman–Crippen LogP) is 2.59. The lowest BCUT2D eigenvalue weighted by atomic mass is 10.1. The highest BCUT2D eigenvalue weighted by Gasteiger charge is 2.20. The van der Waals surface area contributed by atoms with E-state index in [1.165, 1.54) is 6.07 Å². The third kappa shape index (κ3) is 1.96. The molecule has 2 aromatic heterocycles. The number of nitrogens with zero attached hydrogens (tertiary/aromatic N) is 4. The summed E-state index contributed by atoms with van der Waals surface area (Å²) in [6.07, 6.45) is 2.56. The zero-order valence-corrected chi connectivity index (χ0v) is 11.5. The van der Waals surface area contributed by atoms with Crippen molar-refractivity contribution in [2.75, 3.05) is 0 Å². The van der Waals surface area contributed by atoms with Gasteiger partial charge < -0.3 is 5.11 Å². The lowest BCUT2D eigenvalue weighted by molar-refractivity contribution is 0.0699. The van der Waals surface area contributed by atoms with E-state index in [1.54, 1.807) is 28.3 Å². The van der Waals surface area contributed by atoms with Crippen LogP contribution in [0.2, 0.25) is 0 Å². The van der Waals surface area contributed by atoms with Crippen LogP contribution < -0.4 is 0 Å². The molecule has 0 radical (unpaired) electrons. The molecule has 0 spiro atoms. The summed E-state index contributed by atoms with van der Waals surface area (Å²) in [5.41, 5.74) is 1.30. The molecule has 0 bridgehead atoms. The van der Waals surface area contributed by atoms with E-state index >= 15 is 0 Å². The van der Waals surface area contributed by atoms with Gasteiger partial charge in [0.1, 0.15) is 16.6 Å². The van der Waals surface area contributed by atoms with Gasteiger partial charge in [-0.15, -0.1) is 16.4 Å². The monoisotopic (exact) mass is 288 g/mol. The smallest absolute Gasteiger partial charge is 0.338 e. The molecular weight excluding hydrogens is 276 g/mol. The van der Waals surface area contributed by atoms with Crippen molar-refractivity contribution in [1.82, 2.24) is 20.0 Å². The molecule has 7 heteroatoms. The Balaban J connectivity index is 2.17. The number of fused-ring (bicyclic) bond motifs is 1. The Morgan fingerprint density at radius 3 is 3.00 bits per heavy atom. The van der Waals surface area contributed by atoms with E-state index in [0.29, 0.717) is 11.0 Å². The summed E-state index contributed by atoms with van der Waals surface area (Å²) in [5, 5.41) is 20.2. The van der Waals surface area contributed by atoms with Crippen LogP contribution in [0.4, 0.5) is 0 Å². The van der Waals surface area contributed by atoms with Crippen molar-refractivity contribution < 1.29 is 9.90 Å². The van der Waals surface area contributed by atoms with Gasteiger partial charge in [-0.2, -0.15) is 0 Å². The third-order valence-corrected chi connectivity index (χ3v) is 4.03. The number of benzene rings is 1. The Labute approximate surface area is 118 Å². The number of carboxylic acids is 1. The fraction of sp³-hybridized carbons (Fsp3) is 0.231. The van der Waals surface area contributed by atoms with Gasteiger partial charge in [-0.3, -0.25) is 0 Å². The van der Waals surface area contributed by atoms with Gasteiger partial charge in [0, 0.05) is 11.6 Å². The fourth-order valence-electron chi connectivity index (χ4n) is 2.22. The molecule has 1 atom stereocenters. The second-order valence-electron chi connectivity index (χ2n) is 4.31. The fourth-order valence-corrected chi connectivity index (χ4v) is 3.02. The summed E-state index contributed by atoms with van der Waals surface area (Å²) >= 11 is 1.56. The number of carbonyl (C=O) groups is 1. The van der Waals surface area contributed by atoms with Crippen LogP contribution in [0.3, 0.4) is 0 Å². The largest absolute Gasteiger partial charge is 0.478 e. The van der Waals surface area contributed by atoms with Crippen LogP contribution in [0, 0.1) is 0 Å². The zero-order valence-electron chi connectivity index (χ0n) is 10.7. The van der Waals surface area contributed by atoms with Crippen LogP contribution in [0.1, 0.15) is 34.8 Å². The molecule has 3 aromatic rings. The van der Waals surface area contributed by atoms with E-state index in [4.69, 9.17) is 0 Å². The lowest BCUT2D eigenvalue weighted by Crippen LogP contribution is -2.11. The maximum absolute atomic E-state index is 11.2. The van der Waals surface area contributed by atoms with Gasteiger partial charge in [-0.05, 0) is 18.6 Å². The Bertz CT molecular complexity index is 751. The average Bonchev–Trinajstić information content (AvgIpc) is 3.09. The molecule has 6 nitrogen and oxygen atoms in total. The van der Waals surface area contributed by atoms with Crippen LogP contribution in [0.5, 0.6) is 0 Å². The summed E-state index contributed by atoms with van der Waals surface area (Å²) < 4.78 is 1.75. The molecule has 1 N–H and O–H groups in total. The zero-order chi connectivity index (χ0) is 14.1. The van der Waals surface area contributed by atoms with Gasteiger partial charge in [-0.1, -0.05) is 18.2 Å². The first-order valence-electron chi connectivity index (χ1n) is 6.19. The second-order valence-corrected chi connectivity index (χ2v) is 5.23. The Hall–Kier alpha value is -2.28. The van der Waals surface area contributed by atoms with Crippen molar-refractivity contribution in [3.05, 3.63) is 40.3 Å². The highest BCUT2D eigenvalue weighted by atomic mass is 32.1. The Morgan fingerprint density at radius 1 is 1.50 bits per heavy atom. The number of aromatic carboxylic acids is 1. The molecule has 0 saturated carbocycles. The highest BCUT2D eigenvalue weighted by Crippen LogP contribution is 2.27. The normalized spacial score (nSPS) is 12.7. The van der Waals surface area contributed by atoms with Gasteiger partial charge in [-0.25, -0.2) is 14.5 Å². The SMILES string of the molecule is CCC(c1nccs1)n1nnc2c(C(=O)O)cccc21. The molecule has 0 aliphatic rings. The van der Waals surface area contributed by atoms with E-state index in [0.717, 1.165) is 11.4 Å². The molecule has 20 heavy (non-hydrogen) atoms. The first-order chi connectivity index (χ1) is 9.72. The standard InChI is InChI=1S/C13H12N4O2S/c1-2-9(12-14-6-7-20-12)17-10-5-3-4-8(13(18)19)11(10)15-16-17/h3-7,9H,2H2,1H3,(H,18,19). The van der Waals surface area contributed by atoms with E-state index in [1.807, 2.05) is 18.4 Å². The van der Waals surface area contributed by atoms with Crippen molar-refractivity contribution in [3.63, 3.8) is 0 Å². The number of hydrogen-bond acceptors (Lipinski definition) is 5. The summed E-state index contributed by atoms with van der Waals surface area (Å²) in [4.78, 5) is 15.5. The minimum Gasteiger partial charge on any atom is -0.478 e. The molecule has 1 unspecified atom stereocenters. The average molecular weight is 288 g/mol. The molecule has 102 valence electrons. The van der Waals surface area contributed by atoms with Crippen molar-refractivity contribution in [1.29, 1.82) is 0 Å². The van der Waals surface area contributed by atoms with Crippen LogP contribution in [0.15, 0.2) is 29.8 Å². The molecule has 3 rings (SSSR count). The summed E-state index contributed by atoms with van der Waals surface area (Å²) in [6.45, 7) is 2.04. The van der Waals surface area contributed by atoms with Gasteiger partial charge in [0.05, 0.1) is 11.1 Å². The van der Waals surface area contributed by atoms with Crippen LogP contribution in [0.25, 0.3) is 11.0 Å². The van der Waals surface area contributed by atoms with Crippen LogP contribution >= 0.6 is 11.3 Å². The lowest BCUT2D eigenvalue weighted by Gasteiger charge is -2.12. The summed E-state index contributed by atoms with van der Waals surface area (Å²) in [5.74, 6) is -0.995. The van der Waals surface area contributed by atoms with Crippen molar-refractivity contribution in [2.24, 2.45) is 0 Å². The van der Waals surface area contributed by atoms with E-state index in [9.17, 15) is 9.90 Å². The second kappa shape index (κ2) is 5.01. The van der Waals surface area contributed by atoms with Gasteiger partial charge in [0.15, 0.2) is 0 Å². The number of thiazole rings is 1. The number of hydrogen-bond donors (Lipinski definition) is 1. The van der Waals surface area contributed by atoms with Crippen LogP contribution in [-0.4, -0.2) is 31.1 Å². The Kier molecular flexibility index (Phi) is 3.19. The molecule has 2 heterocycles. The number of rotatable bonds is 4. The minimum absolute atomic E-state index is 0.0240. The first-order valence-corrected chi connectivity index (χ1v) is 7.07. The summed E-state index contributed by atoms with van der Waals surface area (Å²) in [6, 6.07) is 5.05. The molecule has 0 amide bonds. The minimum atomic E-state index is -0.995. The molecule has 0 aliphatic heterocycles. The Morgan fingerprint density at radius 2 is 2.35 bits per heavy atom. The molecule has 0 fully saturated rings. The number of aromatic nitrogens is 4. The predicted molar refractivity (Wildman–Crippen MR) is 75.0 cm³/mol. The quantitative estimate of drug-likeness (QED) is 0.798. The van der Waals surface area contributed by atoms with Crippen molar-refractivity contribution >= 4 is 28.3 Å². The highest BCUT2D eigenvalue weighted by molar-refractivity contribution is 7.09. The third-order valence-electron chi connectivity index (χ3n) is 3.15. The van der Waals surface area contributed by atoms with Crippen LogP contribution in [-0.2, 0) is 0 Å². The molecular formula is C13H12N4O2S. The molecule has 1 aromatic carbocycles. The van der Waals surface area contributed by atoms with E-state index in [2.05, 4.69) is 15.3 Å². The topological polar surface area (TPSA) is 80.9 Å². The van der Waals surface area contributed by atoms with Gasteiger partial charge >= 0.3 is 5.97 Å². The van der Waals surface area contributed by atoms with E-state index in [-0.39, 0.29) is 11.6 Å². The van der Waals surface area contributed by atoms with E-state index < -0.39 is 5.97 Å². The van der Waals surface area contributed by atoms with Gasteiger partial charge in [0.2, 0.25) is 0 Å².